The molecular formula is C24H37FN7O+. The molecule has 1 atom stereocenters. The minimum Gasteiger partial charge on any atom is -0.494 e. The molecule has 1 aromatic heterocycles. The Morgan fingerprint density at radius 2 is 1.76 bits per heavy atom. The number of hydrogen-bond acceptors (Lipinski definition) is 7. The molecular weight excluding hydrogens is 421 g/mol. The molecule has 2 heterocycles. The maximum atomic E-state index is 14.8. The number of nitrogens with one attached hydrogen (secondary N) is 1. The zero-order valence-corrected chi connectivity index (χ0v) is 20.1. The molecule has 0 spiro atoms. The Labute approximate surface area is 196 Å². The van der Waals surface area contributed by atoms with Crippen LogP contribution in [0.4, 0.5) is 27.9 Å². The molecule has 1 aliphatic carbocycles. The van der Waals surface area contributed by atoms with E-state index in [0.29, 0.717) is 17.9 Å². The number of piperidine rings is 1. The number of nitrogen functional groups attached to an aromatic ring is 1. The van der Waals surface area contributed by atoms with Gasteiger partial charge >= 0.3 is 5.95 Å². The van der Waals surface area contributed by atoms with Crippen molar-refractivity contribution >= 4 is 23.5 Å². The van der Waals surface area contributed by atoms with Gasteiger partial charge in [0.05, 0.1) is 14.2 Å². The first kappa shape index (κ1) is 23.6. The Hall–Kier alpha value is -2.52. The van der Waals surface area contributed by atoms with Crippen molar-refractivity contribution in [2.75, 3.05) is 45.3 Å². The first-order valence-electron chi connectivity index (χ1n) is 12.1. The van der Waals surface area contributed by atoms with E-state index in [4.69, 9.17) is 15.5 Å². The van der Waals surface area contributed by atoms with Crippen LogP contribution in [0, 0.1) is 5.82 Å². The molecule has 0 radical (unpaired) electrons. The van der Waals surface area contributed by atoms with Crippen LogP contribution in [-0.2, 0) is 0 Å². The molecule has 33 heavy (non-hydrogen) atoms. The van der Waals surface area contributed by atoms with E-state index in [1.54, 1.807) is 6.07 Å². The Kier molecular flexibility index (Phi) is 7.29. The lowest BCUT2D eigenvalue weighted by Crippen LogP contribution is -2.54. The van der Waals surface area contributed by atoms with Crippen LogP contribution < -0.4 is 20.3 Å². The number of nitrogens with zero attached hydrogens (tertiary/aromatic N) is 5. The zero-order chi connectivity index (χ0) is 23.4. The van der Waals surface area contributed by atoms with E-state index in [-0.39, 0.29) is 22.2 Å². The zero-order valence-electron chi connectivity index (χ0n) is 20.1. The van der Waals surface area contributed by atoms with Gasteiger partial charge in [0.2, 0.25) is 11.9 Å². The van der Waals surface area contributed by atoms with Crippen molar-refractivity contribution in [2.45, 2.75) is 63.5 Å². The number of anilines is 2. The first-order valence-corrected chi connectivity index (χ1v) is 12.1. The maximum Gasteiger partial charge on any atom is 0.340 e. The smallest absolute Gasteiger partial charge is 0.340 e. The van der Waals surface area contributed by atoms with Gasteiger partial charge in [0.1, 0.15) is 11.7 Å². The van der Waals surface area contributed by atoms with Crippen LogP contribution in [0.2, 0.25) is 0 Å². The molecule has 3 N–H and O–H groups in total. The van der Waals surface area contributed by atoms with Gasteiger partial charge in [-0.2, -0.15) is 4.98 Å². The molecule has 4 rings (SSSR count). The molecule has 8 nitrogen and oxygen atoms in total. The molecule has 0 bridgehead atoms. The summed E-state index contributed by atoms with van der Waals surface area (Å²) in [5.41, 5.74) is 6.95. The number of rotatable bonds is 6. The predicted molar refractivity (Wildman–Crippen MR) is 130 cm³/mol. The van der Waals surface area contributed by atoms with Crippen molar-refractivity contribution in [3.8, 4) is 5.75 Å². The highest BCUT2D eigenvalue weighted by Crippen LogP contribution is 2.39. The van der Waals surface area contributed by atoms with E-state index < -0.39 is 5.82 Å². The Bertz CT molecular complexity index is 942. The summed E-state index contributed by atoms with van der Waals surface area (Å²) in [4.78, 5) is 16.2. The van der Waals surface area contributed by atoms with Crippen molar-refractivity contribution in [1.29, 1.82) is 0 Å². The summed E-state index contributed by atoms with van der Waals surface area (Å²) in [6, 6.07) is 5.63. The molecule has 0 amide bonds. The fourth-order valence-electron chi connectivity index (χ4n) is 5.20. The molecule has 180 valence electrons. The largest absolute Gasteiger partial charge is 0.494 e. The second-order valence-electron chi connectivity index (χ2n) is 9.58. The quantitative estimate of drug-likeness (QED) is 0.498. The van der Waals surface area contributed by atoms with E-state index in [2.05, 4.69) is 34.3 Å². The van der Waals surface area contributed by atoms with Crippen LogP contribution >= 0.6 is 0 Å². The van der Waals surface area contributed by atoms with Crippen LogP contribution in [0.25, 0.3) is 0 Å². The summed E-state index contributed by atoms with van der Waals surface area (Å²) in [5.74, 6) is 1.06. The van der Waals surface area contributed by atoms with Gasteiger partial charge in [-0.3, -0.25) is 0 Å². The minimum absolute atomic E-state index is 0.182. The molecule has 1 saturated heterocycles. The van der Waals surface area contributed by atoms with Crippen molar-refractivity contribution in [3.63, 3.8) is 0 Å². The third kappa shape index (κ3) is 5.19. The van der Waals surface area contributed by atoms with Gasteiger partial charge in [-0.15, -0.1) is 9.97 Å². The molecule has 1 saturated carbocycles. The highest BCUT2D eigenvalue weighted by Gasteiger charge is 2.43. The van der Waals surface area contributed by atoms with Crippen LogP contribution in [0.3, 0.4) is 0 Å². The number of likely N-dealkylation sites (tertiary alicyclic amines) is 1. The number of methoxy groups -OCH3 is 1. The average Bonchev–Trinajstić information content (AvgIpc) is 3.07. The first-order chi connectivity index (χ1) is 15.9. The van der Waals surface area contributed by atoms with E-state index >= 15 is 0 Å². The SMILES string of the molecule is COc1ccc([N+](C)(c2nc(N)nc(NC3CCCCCC3)n2)C2CCN(C)CC2)cc1F. The van der Waals surface area contributed by atoms with E-state index in [0.717, 1.165) is 44.5 Å². The summed E-state index contributed by atoms with van der Waals surface area (Å²) in [7, 11) is 5.66. The number of quaternary nitrogens is 1. The summed E-state index contributed by atoms with van der Waals surface area (Å²) in [5, 5.41) is 3.51. The molecule has 1 aromatic carbocycles. The number of ether oxygens (including phenoxy) is 1. The monoisotopic (exact) mass is 458 g/mol. The van der Waals surface area contributed by atoms with Crippen molar-refractivity contribution in [3.05, 3.63) is 24.0 Å². The maximum absolute atomic E-state index is 14.8. The third-order valence-corrected chi connectivity index (χ3v) is 7.33. The molecule has 2 fully saturated rings. The number of nitrogens with two attached hydrogens (primary N) is 1. The van der Waals surface area contributed by atoms with E-state index in [1.165, 1.54) is 38.9 Å². The van der Waals surface area contributed by atoms with Gasteiger partial charge < -0.3 is 20.7 Å². The van der Waals surface area contributed by atoms with Crippen LogP contribution in [0.1, 0.15) is 51.4 Å². The Morgan fingerprint density at radius 3 is 2.39 bits per heavy atom. The standard InChI is InChI=1S/C24H37FN7O/c1-31-14-12-18(13-15-31)32(2,19-10-11-21(33-3)20(25)16-19)24-29-22(26)28-23(30-24)27-17-8-6-4-5-7-9-17/h10-11,16-18H,4-9,12-15H2,1-3H3,(H3,26,27,28,29,30)/q+1. The molecule has 1 unspecified atom stereocenters. The van der Waals surface area contributed by atoms with E-state index in [1.807, 2.05) is 6.07 Å². The lowest BCUT2D eigenvalue weighted by atomic mass is 10.00. The van der Waals surface area contributed by atoms with Crippen molar-refractivity contribution < 1.29 is 9.13 Å². The van der Waals surface area contributed by atoms with Crippen molar-refractivity contribution in [1.82, 2.24) is 24.3 Å². The normalized spacial score (nSPS) is 20.7. The second-order valence-corrected chi connectivity index (χ2v) is 9.58. The molecule has 9 heteroatoms. The van der Waals surface area contributed by atoms with Gasteiger partial charge in [-0.25, -0.2) is 8.87 Å². The van der Waals surface area contributed by atoms with E-state index in [9.17, 15) is 4.39 Å². The number of halogens is 1. The Morgan fingerprint density at radius 1 is 1.06 bits per heavy atom. The number of hydrogen-bond donors (Lipinski definition) is 2. The van der Waals surface area contributed by atoms with Crippen LogP contribution in [0.5, 0.6) is 5.75 Å². The second kappa shape index (κ2) is 10.2. The predicted octanol–water partition coefficient (Wildman–Crippen LogP) is 4.10. The topological polar surface area (TPSA) is 89.2 Å². The molecule has 2 aromatic rings. The van der Waals surface area contributed by atoms with Crippen LogP contribution in [-0.4, -0.2) is 66.2 Å². The van der Waals surface area contributed by atoms with Crippen molar-refractivity contribution in [2.24, 2.45) is 0 Å². The summed E-state index contributed by atoms with van der Waals surface area (Å²) < 4.78 is 20.2. The van der Waals surface area contributed by atoms with Gasteiger partial charge in [0, 0.05) is 44.1 Å². The fraction of sp³-hybridized carbons (Fsp3) is 0.625. The Balaban J connectivity index is 1.73. The van der Waals surface area contributed by atoms with Gasteiger partial charge in [-0.05, 0) is 26.0 Å². The summed E-state index contributed by atoms with van der Waals surface area (Å²) >= 11 is 0. The molecule has 1 aliphatic heterocycles. The molecule has 2 aliphatic rings. The van der Waals surface area contributed by atoms with Gasteiger partial charge in [-0.1, -0.05) is 25.7 Å². The number of benzene rings is 1. The number of aromatic nitrogens is 3. The highest BCUT2D eigenvalue weighted by molar-refractivity contribution is 5.56. The third-order valence-electron chi connectivity index (χ3n) is 7.33. The minimum atomic E-state index is -0.397. The average molecular weight is 459 g/mol. The summed E-state index contributed by atoms with van der Waals surface area (Å²) in [6.45, 7) is 1.93. The van der Waals surface area contributed by atoms with Gasteiger partial charge in [0.25, 0.3) is 0 Å². The van der Waals surface area contributed by atoms with Crippen LogP contribution in [0.15, 0.2) is 18.2 Å². The highest BCUT2D eigenvalue weighted by atomic mass is 19.1. The lowest BCUT2D eigenvalue weighted by Gasteiger charge is -2.42. The van der Waals surface area contributed by atoms with Gasteiger partial charge in [0.15, 0.2) is 11.6 Å². The summed E-state index contributed by atoms with van der Waals surface area (Å²) in [6.07, 6.45) is 9.06. The fourth-order valence-corrected chi connectivity index (χ4v) is 5.20. The lowest BCUT2D eigenvalue weighted by molar-refractivity contribution is 0.180.